The highest BCUT2D eigenvalue weighted by Crippen LogP contribution is 2.21. The first-order valence-corrected chi connectivity index (χ1v) is 9.02. The van der Waals surface area contributed by atoms with E-state index in [1.807, 2.05) is 30.3 Å². The zero-order chi connectivity index (χ0) is 19.2. The van der Waals surface area contributed by atoms with Crippen molar-refractivity contribution in [3.05, 3.63) is 69.7 Å². The van der Waals surface area contributed by atoms with E-state index in [2.05, 4.69) is 52.5 Å². The molecule has 0 saturated carbocycles. The first kappa shape index (κ1) is 19.8. The molecule has 0 spiro atoms. The van der Waals surface area contributed by atoms with Gasteiger partial charge in [0.1, 0.15) is 0 Å². The lowest BCUT2D eigenvalue weighted by Gasteiger charge is -2.18. The van der Waals surface area contributed by atoms with Crippen LogP contribution in [-0.4, -0.2) is 24.6 Å². The lowest BCUT2D eigenvalue weighted by molar-refractivity contribution is -0.120. The van der Waals surface area contributed by atoms with Gasteiger partial charge in [-0.2, -0.15) is 5.10 Å². The molecular formula is C20H22BrN3O2. The van der Waals surface area contributed by atoms with Crippen molar-refractivity contribution in [1.29, 1.82) is 0 Å². The highest BCUT2D eigenvalue weighted by molar-refractivity contribution is 9.10. The van der Waals surface area contributed by atoms with E-state index in [4.69, 9.17) is 0 Å². The fourth-order valence-corrected chi connectivity index (χ4v) is 2.65. The van der Waals surface area contributed by atoms with Crippen LogP contribution in [0.25, 0.3) is 0 Å². The second-order valence-electron chi connectivity index (χ2n) is 6.83. The summed E-state index contributed by atoms with van der Waals surface area (Å²) in [6.45, 7) is 6.30. The fourth-order valence-electron chi connectivity index (χ4n) is 2.19. The van der Waals surface area contributed by atoms with Gasteiger partial charge in [0.25, 0.3) is 11.8 Å². The van der Waals surface area contributed by atoms with Crippen LogP contribution in [0.3, 0.4) is 0 Å². The summed E-state index contributed by atoms with van der Waals surface area (Å²) in [4.78, 5) is 23.8. The van der Waals surface area contributed by atoms with Crippen LogP contribution < -0.4 is 10.7 Å². The Kier molecular flexibility index (Phi) is 6.69. The molecule has 0 radical (unpaired) electrons. The summed E-state index contributed by atoms with van der Waals surface area (Å²) in [7, 11) is 0. The maximum absolute atomic E-state index is 12.0. The van der Waals surface area contributed by atoms with Crippen molar-refractivity contribution < 1.29 is 9.59 Å². The van der Waals surface area contributed by atoms with Crippen molar-refractivity contribution in [1.82, 2.24) is 10.7 Å². The van der Waals surface area contributed by atoms with E-state index in [9.17, 15) is 9.59 Å². The van der Waals surface area contributed by atoms with Gasteiger partial charge in [-0.05, 0) is 44.6 Å². The Bertz CT molecular complexity index is 809. The van der Waals surface area contributed by atoms with E-state index in [1.165, 1.54) is 5.56 Å². The van der Waals surface area contributed by atoms with Crippen LogP contribution in [0.1, 0.15) is 42.3 Å². The number of nitrogens with one attached hydrogen (secondary N) is 2. The predicted molar refractivity (Wildman–Crippen MR) is 107 cm³/mol. The predicted octanol–water partition coefficient (Wildman–Crippen LogP) is 3.63. The molecule has 0 atom stereocenters. The number of hydrazone groups is 1. The van der Waals surface area contributed by atoms with E-state index < -0.39 is 5.91 Å². The Morgan fingerprint density at radius 1 is 1.08 bits per heavy atom. The molecule has 2 aromatic carbocycles. The zero-order valence-electron chi connectivity index (χ0n) is 15.0. The molecule has 2 N–H and O–H groups in total. The summed E-state index contributed by atoms with van der Waals surface area (Å²) in [5, 5.41) is 6.47. The maximum Gasteiger partial charge on any atom is 0.259 e. The number of carbonyl (C=O) groups is 2. The number of hydrogen-bond donors (Lipinski definition) is 2. The van der Waals surface area contributed by atoms with Crippen molar-refractivity contribution in [3.63, 3.8) is 0 Å². The molecule has 0 unspecified atom stereocenters. The zero-order valence-corrected chi connectivity index (χ0v) is 16.6. The van der Waals surface area contributed by atoms with Gasteiger partial charge < -0.3 is 5.32 Å². The molecule has 26 heavy (non-hydrogen) atoms. The molecule has 6 heteroatoms. The summed E-state index contributed by atoms with van der Waals surface area (Å²) in [6.07, 6.45) is 1.57. The van der Waals surface area contributed by atoms with Gasteiger partial charge in [0.15, 0.2) is 0 Å². The normalized spacial score (nSPS) is 11.4. The molecule has 2 amide bonds. The van der Waals surface area contributed by atoms with Crippen LogP contribution in [0.5, 0.6) is 0 Å². The van der Waals surface area contributed by atoms with Crippen molar-refractivity contribution in [2.75, 3.05) is 6.54 Å². The van der Waals surface area contributed by atoms with Crippen LogP contribution in [0.4, 0.5) is 0 Å². The van der Waals surface area contributed by atoms with E-state index in [0.29, 0.717) is 10.0 Å². The molecule has 0 aliphatic heterocycles. The fraction of sp³-hybridized carbons (Fsp3) is 0.250. The number of amides is 2. The van der Waals surface area contributed by atoms with Gasteiger partial charge in [-0.25, -0.2) is 5.43 Å². The third kappa shape index (κ3) is 5.81. The molecule has 0 aliphatic carbocycles. The number of hydrogen-bond acceptors (Lipinski definition) is 3. The summed E-state index contributed by atoms with van der Waals surface area (Å²) < 4.78 is 0.676. The van der Waals surface area contributed by atoms with Crippen LogP contribution >= 0.6 is 15.9 Å². The first-order valence-electron chi connectivity index (χ1n) is 8.22. The van der Waals surface area contributed by atoms with Gasteiger partial charge in [0, 0.05) is 4.47 Å². The molecule has 2 rings (SSSR count). The van der Waals surface area contributed by atoms with E-state index in [1.54, 1.807) is 24.4 Å². The third-order valence-corrected chi connectivity index (χ3v) is 4.40. The minimum absolute atomic E-state index is 0.0931. The second-order valence-corrected chi connectivity index (χ2v) is 7.68. The number of rotatable bonds is 5. The number of nitrogens with zero attached hydrogens (tertiary/aromatic N) is 1. The van der Waals surface area contributed by atoms with Gasteiger partial charge in [-0.1, -0.05) is 57.2 Å². The summed E-state index contributed by atoms with van der Waals surface area (Å²) in [6, 6.07) is 15.0. The van der Waals surface area contributed by atoms with Gasteiger partial charge in [-0.15, -0.1) is 0 Å². The molecule has 0 aromatic heterocycles. The minimum atomic E-state index is -0.395. The lowest BCUT2D eigenvalue weighted by Crippen LogP contribution is -2.35. The molecule has 0 fully saturated rings. The van der Waals surface area contributed by atoms with Crippen molar-refractivity contribution in [3.8, 4) is 0 Å². The highest BCUT2D eigenvalue weighted by atomic mass is 79.9. The number of halogens is 1. The maximum atomic E-state index is 12.0. The van der Waals surface area contributed by atoms with Crippen LogP contribution in [0.15, 0.2) is 58.1 Å². The first-order chi connectivity index (χ1) is 12.3. The van der Waals surface area contributed by atoms with E-state index in [0.717, 1.165) is 5.56 Å². The van der Waals surface area contributed by atoms with Crippen molar-refractivity contribution >= 4 is 34.0 Å². The molecular weight excluding hydrogens is 394 g/mol. The van der Waals surface area contributed by atoms with E-state index in [-0.39, 0.29) is 17.9 Å². The number of benzene rings is 2. The molecule has 2 aromatic rings. The van der Waals surface area contributed by atoms with E-state index >= 15 is 0 Å². The van der Waals surface area contributed by atoms with Gasteiger partial charge in [-0.3, -0.25) is 9.59 Å². The molecule has 0 aliphatic rings. The Labute approximate surface area is 162 Å². The molecule has 136 valence electrons. The largest absolute Gasteiger partial charge is 0.343 e. The molecule has 5 nitrogen and oxygen atoms in total. The summed E-state index contributed by atoms with van der Waals surface area (Å²) >= 11 is 3.30. The second kappa shape index (κ2) is 8.76. The molecule has 0 heterocycles. The Morgan fingerprint density at radius 2 is 1.73 bits per heavy atom. The summed E-state index contributed by atoms with van der Waals surface area (Å²) in [5.74, 6) is -0.720. The summed E-state index contributed by atoms with van der Waals surface area (Å²) in [5.41, 5.74) is 5.08. The third-order valence-electron chi connectivity index (χ3n) is 3.71. The average Bonchev–Trinajstić information content (AvgIpc) is 2.60. The monoisotopic (exact) mass is 415 g/mol. The standard InChI is InChI=1S/C20H22BrN3O2/c1-20(2,3)15-10-8-14(9-11-15)12-23-24-18(25)13-22-19(26)16-6-4-5-7-17(16)21/h4-12H,13H2,1-3H3,(H,22,26)(H,24,25)/b23-12+. The quantitative estimate of drug-likeness (QED) is 0.577. The number of carbonyl (C=O) groups excluding carboxylic acids is 2. The Balaban J connectivity index is 1.82. The topological polar surface area (TPSA) is 70.6 Å². The van der Waals surface area contributed by atoms with Crippen LogP contribution in [0.2, 0.25) is 0 Å². The van der Waals surface area contributed by atoms with Gasteiger partial charge in [0.05, 0.1) is 18.3 Å². The van der Waals surface area contributed by atoms with Crippen LogP contribution in [-0.2, 0) is 10.2 Å². The molecule has 0 bridgehead atoms. The SMILES string of the molecule is CC(C)(C)c1ccc(/C=N/NC(=O)CNC(=O)c2ccccc2Br)cc1. The highest BCUT2D eigenvalue weighted by Gasteiger charge is 2.12. The molecule has 0 saturated heterocycles. The minimum Gasteiger partial charge on any atom is -0.343 e. The smallest absolute Gasteiger partial charge is 0.259 e. The van der Waals surface area contributed by atoms with Crippen molar-refractivity contribution in [2.45, 2.75) is 26.2 Å². The van der Waals surface area contributed by atoms with Crippen molar-refractivity contribution in [2.24, 2.45) is 5.10 Å². The van der Waals surface area contributed by atoms with Gasteiger partial charge >= 0.3 is 0 Å². The van der Waals surface area contributed by atoms with Gasteiger partial charge in [0.2, 0.25) is 0 Å². The lowest BCUT2D eigenvalue weighted by atomic mass is 9.87. The Hall–Kier alpha value is -2.47. The van der Waals surface area contributed by atoms with Crippen LogP contribution in [0, 0.1) is 0 Å². The average molecular weight is 416 g/mol. The Morgan fingerprint density at radius 3 is 2.35 bits per heavy atom.